The fourth-order valence-electron chi connectivity index (χ4n) is 1.80. The maximum Gasteiger partial charge on any atom is 0.344 e. The monoisotopic (exact) mass is 385 g/mol. The molecule has 0 aliphatic carbocycles. The second-order valence-corrected chi connectivity index (χ2v) is 5.76. The van der Waals surface area contributed by atoms with Gasteiger partial charge in [-0.25, -0.2) is 9.18 Å². The molecule has 8 heteroatoms. The maximum atomic E-state index is 13.0. The maximum absolute atomic E-state index is 13.0. The van der Waals surface area contributed by atoms with E-state index in [1.165, 1.54) is 18.2 Å². The number of halogens is 3. The Morgan fingerprint density at radius 2 is 1.88 bits per heavy atom. The number of hydrogen-bond acceptors (Lipinski definition) is 4. The molecule has 0 unspecified atom stereocenters. The summed E-state index contributed by atoms with van der Waals surface area (Å²) in [6.07, 6.45) is 0. The first kappa shape index (κ1) is 19.0. The Bertz CT molecular complexity index is 770. The molecular weight excluding hydrogens is 372 g/mol. The zero-order valence-electron chi connectivity index (χ0n) is 12.9. The van der Waals surface area contributed by atoms with Gasteiger partial charge in [0.15, 0.2) is 13.2 Å². The number of amides is 1. The highest BCUT2D eigenvalue weighted by Gasteiger charge is 2.09. The molecule has 2 rings (SSSR count). The molecule has 0 heterocycles. The lowest BCUT2D eigenvalue weighted by atomic mass is 10.2. The van der Waals surface area contributed by atoms with Crippen molar-refractivity contribution in [1.82, 2.24) is 5.32 Å². The van der Waals surface area contributed by atoms with Crippen LogP contribution in [0.3, 0.4) is 0 Å². The summed E-state index contributed by atoms with van der Waals surface area (Å²) >= 11 is 11.8. The highest BCUT2D eigenvalue weighted by Crippen LogP contribution is 2.20. The summed E-state index contributed by atoms with van der Waals surface area (Å²) < 4.78 is 22.8. The first-order valence-corrected chi connectivity index (χ1v) is 7.94. The van der Waals surface area contributed by atoms with Gasteiger partial charge < -0.3 is 14.8 Å². The summed E-state index contributed by atoms with van der Waals surface area (Å²) in [6.45, 7) is -0.720. The molecular formula is C17H14Cl2FNO4. The SMILES string of the molecule is O=C(COC(=O)COc1cccc(F)c1)NCc1ccc(Cl)cc1Cl. The van der Waals surface area contributed by atoms with Crippen LogP contribution >= 0.6 is 23.2 Å². The average Bonchev–Trinajstić information content (AvgIpc) is 2.57. The van der Waals surface area contributed by atoms with Crippen LogP contribution in [0.2, 0.25) is 10.0 Å². The number of nitrogens with one attached hydrogen (secondary N) is 1. The smallest absolute Gasteiger partial charge is 0.344 e. The zero-order valence-corrected chi connectivity index (χ0v) is 14.4. The van der Waals surface area contributed by atoms with E-state index in [9.17, 15) is 14.0 Å². The fraction of sp³-hybridized carbons (Fsp3) is 0.176. The fourth-order valence-corrected chi connectivity index (χ4v) is 2.27. The van der Waals surface area contributed by atoms with Gasteiger partial charge in [0.25, 0.3) is 5.91 Å². The van der Waals surface area contributed by atoms with E-state index in [2.05, 4.69) is 5.32 Å². The quantitative estimate of drug-likeness (QED) is 0.742. The molecule has 0 aromatic heterocycles. The largest absolute Gasteiger partial charge is 0.482 e. The van der Waals surface area contributed by atoms with Crippen molar-refractivity contribution in [3.8, 4) is 5.75 Å². The highest BCUT2D eigenvalue weighted by molar-refractivity contribution is 6.35. The van der Waals surface area contributed by atoms with Gasteiger partial charge in [0.1, 0.15) is 11.6 Å². The molecule has 0 bridgehead atoms. The zero-order chi connectivity index (χ0) is 18.2. The van der Waals surface area contributed by atoms with Crippen molar-refractivity contribution in [3.05, 3.63) is 63.9 Å². The van der Waals surface area contributed by atoms with E-state index >= 15 is 0 Å². The summed E-state index contributed by atoms with van der Waals surface area (Å²) in [7, 11) is 0. The lowest BCUT2D eigenvalue weighted by molar-refractivity contribution is -0.150. The number of rotatable bonds is 7. The van der Waals surface area contributed by atoms with E-state index in [4.69, 9.17) is 32.7 Å². The van der Waals surface area contributed by atoms with E-state index in [0.29, 0.717) is 15.6 Å². The van der Waals surface area contributed by atoms with E-state index in [0.717, 1.165) is 6.07 Å². The first-order valence-electron chi connectivity index (χ1n) is 7.18. The normalized spacial score (nSPS) is 10.2. The third kappa shape index (κ3) is 6.60. The van der Waals surface area contributed by atoms with Crippen molar-refractivity contribution >= 4 is 35.1 Å². The molecule has 0 aliphatic rings. The molecule has 0 aliphatic heterocycles. The Balaban J connectivity index is 1.69. The van der Waals surface area contributed by atoms with E-state index in [1.54, 1.807) is 18.2 Å². The molecule has 0 atom stereocenters. The molecule has 0 spiro atoms. The summed E-state index contributed by atoms with van der Waals surface area (Å²) in [5.41, 5.74) is 0.681. The number of carbonyl (C=O) groups excluding carboxylic acids is 2. The second-order valence-electron chi connectivity index (χ2n) is 4.92. The van der Waals surface area contributed by atoms with Gasteiger partial charge in [-0.1, -0.05) is 35.3 Å². The van der Waals surface area contributed by atoms with Crippen molar-refractivity contribution < 1.29 is 23.5 Å². The van der Waals surface area contributed by atoms with Crippen molar-refractivity contribution in [2.24, 2.45) is 0 Å². The van der Waals surface area contributed by atoms with Crippen LogP contribution in [0.1, 0.15) is 5.56 Å². The van der Waals surface area contributed by atoms with Crippen LogP contribution in [0.5, 0.6) is 5.75 Å². The minimum atomic E-state index is -0.746. The van der Waals surface area contributed by atoms with Crippen molar-refractivity contribution in [1.29, 1.82) is 0 Å². The van der Waals surface area contributed by atoms with Crippen LogP contribution in [-0.2, 0) is 20.9 Å². The lowest BCUT2D eigenvalue weighted by Crippen LogP contribution is -2.29. The van der Waals surface area contributed by atoms with Gasteiger partial charge in [-0.05, 0) is 29.8 Å². The number of hydrogen-bond donors (Lipinski definition) is 1. The summed E-state index contributed by atoms with van der Waals surface area (Å²) in [5, 5.41) is 3.48. The first-order chi connectivity index (χ1) is 11.9. The predicted octanol–water partition coefficient (Wildman–Crippen LogP) is 3.37. The summed E-state index contributed by atoms with van der Waals surface area (Å²) in [4.78, 5) is 23.2. The van der Waals surface area contributed by atoms with Crippen LogP contribution in [0.25, 0.3) is 0 Å². The molecule has 2 aromatic rings. The van der Waals surface area contributed by atoms with Crippen LogP contribution in [0, 0.1) is 5.82 Å². The van der Waals surface area contributed by atoms with Gasteiger partial charge in [0.2, 0.25) is 0 Å². The number of carbonyl (C=O) groups is 2. The Hall–Kier alpha value is -2.31. The van der Waals surface area contributed by atoms with Crippen LogP contribution in [-0.4, -0.2) is 25.1 Å². The Morgan fingerprint density at radius 3 is 2.60 bits per heavy atom. The Kier molecular flexibility index (Phi) is 7.03. The van der Waals surface area contributed by atoms with E-state index in [-0.39, 0.29) is 12.3 Å². The van der Waals surface area contributed by atoms with Gasteiger partial charge in [-0.15, -0.1) is 0 Å². The molecule has 1 amide bonds. The number of benzene rings is 2. The van der Waals surface area contributed by atoms with Gasteiger partial charge in [-0.2, -0.15) is 0 Å². The Labute approximate surface area is 153 Å². The minimum absolute atomic E-state index is 0.173. The summed E-state index contributed by atoms with van der Waals surface area (Å²) in [5.74, 6) is -1.53. The molecule has 1 N–H and O–H groups in total. The molecule has 2 aromatic carbocycles. The minimum Gasteiger partial charge on any atom is -0.482 e. The molecule has 0 saturated carbocycles. The number of esters is 1. The lowest BCUT2D eigenvalue weighted by Gasteiger charge is -2.09. The van der Waals surface area contributed by atoms with Crippen LogP contribution in [0.15, 0.2) is 42.5 Å². The molecule has 132 valence electrons. The summed E-state index contributed by atoms with van der Waals surface area (Å²) in [6, 6.07) is 10.2. The third-order valence-electron chi connectivity index (χ3n) is 3.01. The van der Waals surface area contributed by atoms with Crippen molar-refractivity contribution in [3.63, 3.8) is 0 Å². The average molecular weight is 386 g/mol. The molecule has 0 saturated heterocycles. The van der Waals surface area contributed by atoms with Gasteiger partial charge in [0, 0.05) is 22.7 Å². The topological polar surface area (TPSA) is 64.6 Å². The Morgan fingerprint density at radius 1 is 1.08 bits per heavy atom. The van der Waals surface area contributed by atoms with Crippen molar-refractivity contribution in [2.45, 2.75) is 6.54 Å². The van der Waals surface area contributed by atoms with E-state index < -0.39 is 30.9 Å². The van der Waals surface area contributed by atoms with Gasteiger partial charge >= 0.3 is 5.97 Å². The molecule has 0 radical (unpaired) electrons. The van der Waals surface area contributed by atoms with Crippen LogP contribution in [0.4, 0.5) is 4.39 Å². The van der Waals surface area contributed by atoms with Crippen molar-refractivity contribution in [2.75, 3.05) is 13.2 Å². The van der Waals surface area contributed by atoms with Crippen LogP contribution < -0.4 is 10.1 Å². The molecule has 0 fully saturated rings. The predicted molar refractivity (Wildman–Crippen MR) is 91.2 cm³/mol. The highest BCUT2D eigenvalue weighted by atomic mass is 35.5. The number of ether oxygens (including phenoxy) is 2. The molecule has 25 heavy (non-hydrogen) atoms. The second kappa shape index (κ2) is 9.25. The third-order valence-corrected chi connectivity index (χ3v) is 3.60. The van der Waals surface area contributed by atoms with Gasteiger partial charge in [0.05, 0.1) is 0 Å². The van der Waals surface area contributed by atoms with Gasteiger partial charge in [-0.3, -0.25) is 4.79 Å². The molecule has 5 nitrogen and oxygen atoms in total. The standard InChI is InChI=1S/C17H14Cl2FNO4/c18-12-5-4-11(15(19)6-12)8-21-16(22)9-25-17(23)10-24-14-3-1-2-13(20)7-14/h1-7H,8-10H2,(H,21,22). The van der Waals surface area contributed by atoms with E-state index in [1.807, 2.05) is 0 Å².